The molecule has 0 saturated carbocycles. The van der Waals surface area contributed by atoms with E-state index in [4.69, 9.17) is 0 Å². The van der Waals surface area contributed by atoms with Crippen LogP contribution in [-0.2, 0) is 0 Å². The quantitative estimate of drug-likeness (QED) is 0.536. The molecule has 2 unspecified atom stereocenters. The van der Waals surface area contributed by atoms with Crippen molar-refractivity contribution in [3.05, 3.63) is 0 Å². The second-order valence-corrected chi connectivity index (χ2v) is 7.19. The van der Waals surface area contributed by atoms with Crippen molar-refractivity contribution in [2.45, 2.75) is 104 Å². The molecule has 0 aliphatic carbocycles. The summed E-state index contributed by atoms with van der Waals surface area (Å²) in [4.78, 5) is 0. The van der Waals surface area contributed by atoms with E-state index >= 15 is 0 Å². The van der Waals surface area contributed by atoms with Gasteiger partial charge in [-0.2, -0.15) is 0 Å². The summed E-state index contributed by atoms with van der Waals surface area (Å²) in [6.45, 7) is 10.4. The first-order chi connectivity index (χ1) is 8.68. The standard InChI is InChI=1S/C17H36O2/c1-6-16(4,18)12-8-7-9-13-17(5,19)14-10-11-15(2)3/h15,18-19H,6-14H2,1-5H3. The summed E-state index contributed by atoms with van der Waals surface area (Å²) in [6, 6.07) is 0. The smallest absolute Gasteiger partial charge is 0.0619 e. The van der Waals surface area contributed by atoms with E-state index in [1.165, 1.54) is 6.42 Å². The first-order valence-corrected chi connectivity index (χ1v) is 8.13. The first kappa shape index (κ1) is 18.9. The molecule has 0 radical (unpaired) electrons. The average Bonchev–Trinajstić information content (AvgIpc) is 2.27. The Hall–Kier alpha value is -0.0800. The molecule has 0 aromatic rings. The van der Waals surface area contributed by atoms with Crippen LogP contribution in [0, 0.1) is 5.92 Å². The Kier molecular flexibility index (Phi) is 8.93. The van der Waals surface area contributed by atoms with Crippen LogP contribution >= 0.6 is 0 Å². The van der Waals surface area contributed by atoms with E-state index in [1.807, 2.05) is 20.8 Å². The Morgan fingerprint density at radius 3 is 1.74 bits per heavy atom. The molecule has 0 bridgehead atoms. The highest BCUT2D eigenvalue weighted by atomic mass is 16.3. The van der Waals surface area contributed by atoms with Crippen LogP contribution in [0.1, 0.15) is 92.4 Å². The molecule has 0 rings (SSSR count). The van der Waals surface area contributed by atoms with E-state index in [2.05, 4.69) is 13.8 Å². The van der Waals surface area contributed by atoms with Crippen LogP contribution in [0.25, 0.3) is 0 Å². The van der Waals surface area contributed by atoms with Crippen molar-refractivity contribution in [1.29, 1.82) is 0 Å². The van der Waals surface area contributed by atoms with Crippen LogP contribution in [-0.4, -0.2) is 21.4 Å². The molecule has 116 valence electrons. The van der Waals surface area contributed by atoms with Crippen molar-refractivity contribution in [1.82, 2.24) is 0 Å². The van der Waals surface area contributed by atoms with Crippen molar-refractivity contribution in [2.75, 3.05) is 0 Å². The zero-order valence-electron chi connectivity index (χ0n) is 13.8. The lowest BCUT2D eigenvalue weighted by Gasteiger charge is -2.24. The normalized spacial score (nSPS) is 18.3. The minimum atomic E-state index is -0.500. The highest BCUT2D eigenvalue weighted by Crippen LogP contribution is 2.24. The molecule has 0 heterocycles. The maximum Gasteiger partial charge on any atom is 0.0619 e. The van der Waals surface area contributed by atoms with Crippen LogP contribution in [0.15, 0.2) is 0 Å². The van der Waals surface area contributed by atoms with Gasteiger partial charge in [0.25, 0.3) is 0 Å². The van der Waals surface area contributed by atoms with E-state index in [9.17, 15) is 10.2 Å². The fourth-order valence-corrected chi connectivity index (χ4v) is 2.38. The molecule has 0 spiro atoms. The van der Waals surface area contributed by atoms with Gasteiger partial charge < -0.3 is 10.2 Å². The number of aliphatic hydroxyl groups is 2. The largest absolute Gasteiger partial charge is 0.390 e. The molecular weight excluding hydrogens is 236 g/mol. The van der Waals surface area contributed by atoms with Gasteiger partial charge in [0.2, 0.25) is 0 Å². The lowest BCUT2D eigenvalue weighted by molar-refractivity contribution is 0.0322. The van der Waals surface area contributed by atoms with Crippen molar-refractivity contribution < 1.29 is 10.2 Å². The first-order valence-electron chi connectivity index (χ1n) is 8.13. The Bertz CT molecular complexity index is 219. The summed E-state index contributed by atoms with van der Waals surface area (Å²) < 4.78 is 0. The maximum absolute atomic E-state index is 10.3. The van der Waals surface area contributed by atoms with Gasteiger partial charge in [-0.1, -0.05) is 52.9 Å². The molecule has 2 N–H and O–H groups in total. The van der Waals surface area contributed by atoms with E-state index in [1.54, 1.807) is 0 Å². The maximum atomic E-state index is 10.3. The van der Waals surface area contributed by atoms with Gasteiger partial charge in [0.05, 0.1) is 11.2 Å². The Balaban J connectivity index is 3.63. The lowest BCUT2D eigenvalue weighted by Crippen LogP contribution is -2.24. The van der Waals surface area contributed by atoms with Crippen LogP contribution in [0.3, 0.4) is 0 Å². The molecule has 0 aliphatic rings. The number of hydrogen-bond donors (Lipinski definition) is 2. The van der Waals surface area contributed by atoms with Crippen LogP contribution in [0.2, 0.25) is 0 Å². The zero-order chi connectivity index (χ0) is 14.9. The summed E-state index contributed by atoms with van der Waals surface area (Å²) in [5.74, 6) is 0.729. The van der Waals surface area contributed by atoms with Gasteiger partial charge in [-0.15, -0.1) is 0 Å². The predicted octanol–water partition coefficient (Wildman–Crippen LogP) is 4.68. The molecule has 0 saturated heterocycles. The summed E-state index contributed by atoms with van der Waals surface area (Å²) >= 11 is 0. The predicted molar refractivity (Wildman–Crippen MR) is 83.3 cm³/mol. The van der Waals surface area contributed by atoms with Gasteiger partial charge in [-0.05, 0) is 45.4 Å². The van der Waals surface area contributed by atoms with Crippen LogP contribution < -0.4 is 0 Å². The third kappa shape index (κ3) is 11.4. The molecule has 0 aliphatic heterocycles. The molecule has 0 aromatic heterocycles. The van der Waals surface area contributed by atoms with Crippen molar-refractivity contribution >= 4 is 0 Å². The summed E-state index contributed by atoms with van der Waals surface area (Å²) in [5, 5.41) is 20.2. The molecular formula is C17H36O2. The van der Waals surface area contributed by atoms with Gasteiger partial charge in [0, 0.05) is 0 Å². The SMILES string of the molecule is CCC(C)(O)CCCCCC(C)(O)CCCC(C)C. The third-order valence-electron chi connectivity index (χ3n) is 4.19. The van der Waals surface area contributed by atoms with Crippen molar-refractivity contribution in [3.8, 4) is 0 Å². The Labute approximate surface area is 120 Å². The number of hydrogen-bond acceptors (Lipinski definition) is 2. The van der Waals surface area contributed by atoms with E-state index < -0.39 is 11.2 Å². The van der Waals surface area contributed by atoms with Gasteiger partial charge in [-0.25, -0.2) is 0 Å². The number of unbranched alkanes of at least 4 members (excludes halogenated alkanes) is 2. The molecule has 2 heteroatoms. The molecule has 2 nitrogen and oxygen atoms in total. The Morgan fingerprint density at radius 1 is 0.789 bits per heavy atom. The Morgan fingerprint density at radius 2 is 1.26 bits per heavy atom. The van der Waals surface area contributed by atoms with Gasteiger partial charge in [0.15, 0.2) is 0 Å². The second kappa shape index (κ2) is 8.97. The van der Waals surface area contributed by atoms with E-state index in [0.29, 0.717) is 0 Å². The minimum absolute atomic E-state index is 0.498. The fourth-order valence-electron chi connectivity index (χ4n) is 2.38. The molecule has 0 fully saturated rings. The molecule has 2 atom stereocenters. The van der Waals surface area contributed by atoms with Crippen molar-refractivity contribution in [2.24, 2.45) is 5.92 Å². The average molecular weight is 272 g/mol. The molecule has 0 aromatic carbocycles. The number of rotatable bonds is 11. The third-order valence-corrected chi connectivity index (χ3v) is 4.19. The minimum Gasteiger partial charge on any atom is -0.390 e. The van der Waals surface area contributed by atoms with E-state index in [0.717, 1.165) is 57.3 Å². The molecule has 0 amide bonds. The van der Waals surface area contributed by atoms with Gasteiger partial charge in [0.1, 0.15) is 0 Å². The highest BCUT2D eigenvalue weighted by molar-refractivity contribution is 4.74. The summed E-state index contributed by atoms with van der Waals surface area (Å²) in [6.07, 6.45) is 9.05. The van der Waals surface area contributed by atoms with Gasteiger partial charge in [-0.3, -0.25) is 0 Å². The monoisotopic (exact) mass is 272 g/mol. The van der Waals surface area contributed by atoms with E-state index in [-0.39, 0.29) is 0 Å². The summed E-state index contributed by atoms with van der Waals surface area (Å²) in [5.41, 5.74) is -0.998. The van der Waals surface area contributed by atoms with Crippen LogP contribution in [0.4, 0.5) is 0 Å². The second-order valence-electron chi connectivity index (χ2n) is 7.19. The van der Waals surface area contributed by atoms with Crippen LogP contribution in [0.5, 0.6) is 0 Å². The van der Waals surface area contributed by atoms with Crippen molar-refractivity contribution in [3.63, 3.8) is 0 Å². The molecule has 19 heavy (non-hydrogen) atoms. The lowest BCUT2D eigenvalue weighted by atomic mass is 9.90. The van der Waals surface area contributed by atoms with Gasteiger partial charge >= 0.3 is 0 Å². The zero-order valence-corrected chi connectivity index (χ0v) is 13.8. The highest BCUT2D eigenvalue weighted by Gasteiger charge is 2.20. The summed E-state index contributed by atoms with van der Waals surface area (Å²) in [7, 11) is 0. The topological polar surface area (TPSA) is 40.5 Å². The fraction of sp³-hybridized carbons (Fsp3) is 1.00.